The highest BCUT2D eigenvalue weighted by Gasteiger charge is 2.37. The molecule has 1 heterocycles. The van der Waals surface area contributed by atoms with Gasteiger partial charge >= 0.3 is 0 Å². The van der Waals surface area contributed by atoms with Crippen LogP contribution in [-0.2, 0) is 10.1 Å². The van der Waals surface area contributed by atoms with E-state index in [9.17, 15) is 13.0 Å². The average Bonchev–Trinajstić information content (AvgIpc) is 2.47. The van der Waals surface area contributed by atoms with Gasteiger partial charge < -0.3 is 9.64 Å². The van der Waals surface area contributed by atoms with Gasteiger partial charge in [-0.2, -0.15) is 8.42 Å². The first kappa shape index (κ1) is 15.8. The molecule has 122 valence electrons. The summed E-state index contributed by atoms with van der Waals surface area (Å²) in [6.07, 6.45) is 0.250. The lowest BCUT2D eigenvalue weighted by Gasteiger charge is -2.38. The molecule has 1 atom stereocenters. The summed E-state index contributed by atoms with van der Waals surface area (Å²) >= 11 is 0. The largest absolute Gasteiger partial charge is 0.453 e. The second-order valence-corrected chi connectivity index (χ2v) is 7.27. The molecule has 0 bridgehead atoms. The number of hydrogen-bond donors (Lipinski definition) is 1. The van der Waals surface area contributed by atoms with Crippen LogP contribution < -0.4 is 9.64 Å². The van der Waals surface area contributed by atoms with Crippen LogP contribution in [0.1, 0.15) is 24.5 Å². The van der Waals surface area contributed by atoms with Crippen molar-refractivity contribution in [2.75, 3.05) is 4.90 Å². The van der Waals surface area contributed by atoms with Gasteiger partial charge in [-0.15, -0.1) is 0 Å². The maximum Gasteiger partial charge on any atom is 0.286 e. The van der Waals surface area contributed by atoms with Crippen LogP contribution in [0.15, 0.2) is 36.4 Å². The zero-order valence-corrected chi connectivity index (χ0v) is 14.1. The van der Waals surface area contributed by atoms with Crippen LogP contribution in [0.3, 0.4) is 0 Å². The molecule has 0 radical (unpaired) electrons. The zero-order chi connectivity index (χ0) is 16.8. The highest BCUT2D eigenvalue weighted by atomic mass is 32.2. The lowest BCUT2D eigenvalue weighted by molar-refractivity contribution is 0.449. The third-order valence-electron chi connectivity index (χ3n) is 4.09. The van der Waals surface area contributed by atoms with Crippen LogP contribution in [0.5, 0.6) is 11.5 Å². The molecule has 2 aromatic rings. The molecule has 23 heavy (non-hydrogen) atoms. The molecule has 0 aromatic heterocycles. The van der Waals surface area contributed by atoms with Crippen molar-refractivity contribution in [1.29, 1.82) is 0 Å². The van der Waals surface area contributed by atoms with Crippen LogP contribution in [0, 0.1) is 13.8 Å². The van der Waals surface area contributed by atoms with Crippen molar-refractivity contribution in [2.45, 2.75) is 32.6 Å². The van der Waals surface area contributed by atoms with E-state index in [1.54, 1.807) is 17.9 Å². The Labute approximate surface area is 136 Å². The van der Waals surface area contributed by atoms with E-state index in [2.05, 4.69) is 0 Å². The summed E-state index contributed by atoms with van der Waals surface area (Å²) in [5, 5.41) is -1.06. The molecule has 0 fully saturated rings. The third kappa shape index (κ3) is 2.58. The van der Waals surface area contributed by atoms with Crippen LogP contribution in [0.4, 0.5) is 11.4 Å². The summed E-state index contributed by atoms with van der Waals surface area (Å²) in [6.45, 7) is 5.54. The van der Waals surface area contributed by atoms with Gasteiger partial charge in [0.25, 0.3) is 10.1 Å². The Kier molecular flexibility index (Phi) is 3.82. The minimum Gasteiger partial charge on any atom is -0.453 e. The van der Waals surface area contributed by atoms with Crippen molar-refractivity contribution in [2.24, 2.45) is 0 Å². The summed E-state index contributed by atoms with van der Waals surface area (Å²) in [6, 6.07) is 11.1. The molecular formula is C17H19NO4S. The Hall–Kier alpha value is -2.05. The van der Waals surface area contributed by atoms with E-state index in [-0.39, 0.29) is 6.42 Å². The Morgan fingerprint density at radius 3 is 2.43 bits per heavy atom. The van der Waals surface area contributed by atoms with Crippen molar-refractivity contribution in [1.82, 2.24) is 0 Å². The Bertz CT molecular complexity index is 861. The average molecular weight is 333 g/mol. The molecule has 0 saturated heterocycles. The molecule has 5 nitrogen and oxygen atoms in total. The van der Waals surface area contributed by atoms with Gasteiger partial charge in [0, 0.05) is 0 Å². The summed E-state index contributed by atoms with van der Waals surface area (Å²) < 4.78 is 39.6. The molecule has 1 unspecified atom stereocenters. The van der Waals surface area contributed by atoms with Crippen LogP contribution >= 0.6 is 0 Å². The van der Waals surface area contributed by atoms with Crippen molar-refractivity contribution in [3.05, 3.63) is 47.5 Å². The topological polar surface area (TPSA) is 66.8 Å². The molecule has 0 saturated carbocycles. The van der Waals surface area contributed by atoms with Gasteiger partial charge in [0.1, 0.15) is 0 Å². The quantitative estimate of drug-likeness (QED) is 0.854. The van der Waals surface area contributed by atoms with Crippen LogP contribution in [-0.4, -0.2) is 18.3 Å². The first-order valence-electron chi connectivity index (χ1n) is 7.47. The molecule has 0 amide bonds. The van der Waals surface area contributed by atoms with E-state index < -0.39 is 15.5 Å². The predicted molar refractivity (Wildman–Crippen MR) is 90.2 cm³/mol. The molecule has 6 heteroatoms. The van der Waals surface area contributed by atoms with Gasteiger partial charge in [-0.1, -0.05) is 31.2 Å². The predicted octanol–water partition coefficient (Wildman–Crippen LogP) is 4.17. The van der Waals surface area contributed by atoms with E-state index in [0.29, 0.717) is 22.9 Å². The molecule has 0 aliphatic carbocycles. The Morgan fingerprint density at radius 2 is 1.78 bits per heavy atom. The maximum atomic E-state index is 12.0. The van der Waals surface area contributed by atoms with Crippen LogP contribution in [0.25, 0.3) is 0 Å². The summed E-state index contributed by atoms with van der Waals surface area (Å²) in [5.41, 5.74) is 3.12. The number of hydrogen-bond acceptors (Lipinski definition) is 4. The van der Waals surface area contributed by atoms with Gasteiger partial charge in [0.2, 0.25) is 0 Å². The van der Waals surface area contributed by atoms with Gasteiger partial charge in [-0.05, 0) is 43.5 Å². The van der Waals surface area contributed by atoms with E-state index in [1.165, 1.54) is 0 Å². The number of anilines is 2. The fourth-order valence-corrected chi connectivity index (χ4v) is 3.95. The fourth-order valence-electron chi connectivity index (χ4n) is 3.04. The molecule has 0 spiro atoms. The second-order valence-electron chi connectivity index (χ2n) is 5.69. The van der Waals surface area contributed by atoms with Crippen molar-refractivity contribution in [3.8, 4) is 11.5 Å². The number of ether oxygens (including phenoxy) is 1. The number of rotatable bonds is 3. The van der Waals surface area contributed by atoms with Crippen molar-refractivity contribution >= 4 is 21.5 Å². The molecule has 1 aliphatic rings. The van der Waals surface area contributed by atoms with E-state index in [0.717, 1.165) is 11.1 Å². The standard InChI is InChI=1S/C17H19NO4S/c1-4-15(23(19,20)21)18-13-9-5-8-12(3)17(13)22-14-10-6-7-11(2)16(14)18/h5-10,15H,4H2,1-3H3,(H,19,20,21). The fraction of sp³-hybridized carbons (Fsp3) is 0.294. The molecule has 3 rings (SSSR count). The third-order valence-corrected chi connectivity index (χ3v) is 5.32. The smallest absolute Gasteiger partial charge is 0.286 e. The molecule has 1 aliphatic heterocycles. The number of nitrogens with zero attached hydrogens (tertiary/aromatic N) is 1. The minimum atomic E-state index is -4.26. The summed E-state index contributed by atoms with van der Waals surface area (Å²) in [5.74, 6) is 1.21. The van der Waals surface area contributed by atoms with Gasteiger partial charge in [-0.25, -0.2) is 0 Å². The Balaban J connectivity index is 2.32. The first-order chi connectivity index (χ1) is 10.8. The Morgan fingerprint density at radius 1 is 1.13 bits per heavy atom. The number of aryl methyl sites for hydroxylation is 2. The molecule has 1 N–H and O–H groups in total. The summed E-state index contributed by atoms with van der Waals surface area (Å²) in [7, 11) is -4.26. The van der Waals surface area contributed by atoms with Gasteiger partial charge in [0.15, 0.2) is 16.9 Å². The van der Waals surface area contributed by atoms with E-state index in [1.807, 2.05) is 44.2 Å². The van der Waals surface area contributed by atoms with Crippen molar-refractivity contribution in [3.63, 3.8) is 0 Å². The van der Waals surface area contributed by atoms with Gasteiger partial charge in [-0.3, -0.25) is 4.55 Å². The number of fused-ring (bicyclic) bond motifs is 2. The molecule has 2 aromatic carbocycles. The second kappa shape index (κ2) is 5.54. The van der Waals surface area contributed by atoms with E-state index in [4.69, 9.17) is 4.74 Å². The number of benzene rings is 2. The normalized spacial score (nSPS) is 14.7. The highest BCUT2D eigenvalue weighted by molar-refractivity contribution is 7.86. The summed E-state index contributed by atoms with van der Waals surface area (Å²) in [4.78, 5) is 1.67. The van der Waals surface area contributed by atoms with Crippen LogP contribution in [0.2, 0.25) is 0 Å². The first-order valence-corrected chi connectivity index (χ1v) is 8.97. The van der Waals surface area contributed by atoms with E-state index >= 15 is 0 Å². The highest BCUT2D eigenvalue weighted by Crippen LogP contribution is 2.50. The monoisotopic (exact) mass is 333 g/mol. The van der Waals surface area contributed by atoms with Gasteiger partial charge in [0.05, 0.1) is 11.4 Å². The zero-order valence-electron chi connectivity index (χ0n) is 13.3. The lowest BCUT2D eigenvalue weighted by Crippen LogP contribution is -2.39. The minimum absolute atomic E-state index is 0.250. The molecular weight excluding hydrogens is 314 g/mol. The SMILES string of the molecule is CCC(N1c2cccc(C)c2Oc2cccc(C)c21)S(=O)(=O)O. The number of para-hydroxylation sites is 2. The maximum absolute atomic E-state index is 12.0. The van der Waals surface area contributed by atoms with Crippen molar-refractivity contribution < 1.29 is 17.7 Å². The lowest BCUT2D eigenvalue weighted by atomic mass is 10.1.